The van der Waals surface area contributed by atoms with Crippen LogP contribution in [0.1, 0.15) is 29.8 Å². The summed E-state index contributed by atoms with van der Waals surface area (Å²) >= 11 is 0. The molecule has 0 unspecified atom stereocenters. The summed E-state index contributed by atoms with van der Waals surface area (Å²) in [6.07, 6.45) is 0. The molecule has 100 valence electrons. The molecule has 0 saturated carbocycles. The molecule has 0 aliphatic rings. The van der Waals surface area contributed by atoms with Crippen LogP contribution in [0.3, 0.4) is 0 Å². The van der Waals surface area contributed by atoms with Crippen molar-refractivity contribution in [3.8, 4) is 5.75 Å². The van der Waals surface area contributed by atoms with E-state index in [1.807, 2.05) is 32.9 Å². The number of methoxy groups -OCH3 is 1. The lowest BCUT2D eigenvalue weighted by Crippen LogP contribution is -2.35. The zero-order chi connectivity index (χ0) is 13.5. The first-order valence-electron chi connectivity index (χ1n) is 6.11. The lowest BCUT2D eigenvalue weighted by atomic mass is 10.1. The Balaban J connectivity index is 2.72. The first kappa shape index (κ1) is 14.5. The molecule has 4 nitrogen and oxygen atoms in total. The predicted molar refractivity (Wildman–Crippen MR) is 71.2 cm³/mol. The fraction of sp³-hybridized carbons (Fsp3) is 0.500. The fourth-order valence-electron chi connectivity index (χ4n) is 1.71. The van der Waals surface area contributed by atoms with Crippen molar-refractivity contribution in [3.05, 3.63) is 29.3 Å². The first-order valence-corrected chi connectivity index (χ1v) is 6.11. The van der Waals surface area contributed by atoms with Gasteiger partial charge >= 0.3 is 0 Å². The first-order chi connectivity index (χ1) is 8.58. The monoisotopic (exact) mass is 251 g/mol. The smallest absolute Gasteiger partial charge is 0.251 e. The van der Waals surface area contributed by atoms with E-state index >= 15 is 0 Å². The van der Waals surface area contributed by atoms with Gasteiger partial charge in [0.25, 0.3) is 5.91 Å². The van der Waals surface area contributed by atoms with Gasteiger partial charge in [0.05, 0.1) is 13.2 Å². The summed E-state index contributed by atoms with van der Waals surface area (Å²) in [4.78, 5) is 11.9. The number of carbonyl (C=O) groups is 1. The van der Waals surface area contributed by atoms with Crippen LogP contribution in [-0.2, 0) is 4.74 Å². The normalized spacial score (nSPS) is 12.0. The largest absolute Gasteiger partial charge is 0.494 e. The summed E-state index contributed by atoms with van der Waals surface area (Å²) in [5.41, 5.74) is 1.60. The topological polar surface area (TPSA) is 47.6 Å². The van der Waals surface area contributed by atoms with Gasteiger partial charge in [-0.25, -0.2) is 0 Å². The van der Waals surface area contributed by atoms with Crippen molar-refractivity contribution in [1.29, 1.82) is 0 Å². The summed E-state index contributed by atoms with van der Waals surface area (Å²) in [5.74, 6) is 0.727. The third-order valence-electron chi connectivity index (χ3n) is 2.53. The van der Waals surface area contributed by atoms with Gasteiger partial charge in [0, 0.05) is 18.7 Å². The van der Waals surface area contributed by atoms with E-state index < -0.39 is 0 Å². The highest BCUT2D eigenvalue weighted by Gasteiger charge is 2.11. The average molecular weight is 251 g/mol. The van der Waals surface area contributed by atoms with E-state index in [1.165, 1.54) is 0 Å². The molecule has 0 aliphatic carbocycles. The van der Waals surface area contributed by atoms with Crippen LogP contribution in [0.25, 0.3) is 0 Å². The van der Waals surface area contributed by atoms with Crippen LogP contribution < -0.4 is 10.1 Å². The number of hydrogen-bond acceptors (Lipinski definition) is 3. The molecule has 0 fully saturated rings. The van der Waals surface area contributed by atoms with E-state index in [2.05, 4.69) is 5.32 Å². The molecule has 1 N–H and O–H groups in total. The zero-order valence-electron chi connectivity index (χ0n) is 11.4. The lowest BCUT2D eigenvalue weighted by Gasteiger charge is -2.14. The number of ether oxygens (including phenoxy) is 2. The Morgan fingerprint density at radius 2 is 2.17 bits per heavy atom. The molecule has 0 aliphatic heterocycles. The molecule has 18 heavy (non-hydrogen) atoms. The van der Waals surface area contributed by atoms with Gasteiger partial charge in [0.2, 0.25) is 0 Å². The van der Waals surface area contributed by atoms with Crippen molar-refractivity contribution in [2.45, 2.75) is 26.8 Å². The molecule has 1 atom stereocenters. The quantitative estimate of drug-likeness (QED) is 0.842. The van der Waals surface area contributed by atoms with E-state index in [9.17, 15) is 4.79 Å². The third-order valence-corrected chi connectivity index (χ3v) is 2.53. The number of nitrogens with one attached hydrogen (secondary N) is 1. The molecule has 1 amide bonds. The Bertz CT molecular complexity index is 404. The van der Waals surface area contributed by atoms with E-state index in [1.54, 1.807) is 13.2 Å². The molecule has 0 bridgehead atoms. The van der Waals surface area contributed by atoms with Gasteiger partial charge in [-0.05, 0) is 44.5 Å². The van der Waals surface area contributed by atoms with Gasteiger partial charge in [-0.2, -0.15) is 0 Å². The number of amides is 1. The summed E-state index contributed by atoms with van der Waals surface area (Å²) in [5, 5.41) is 2.87. The molecule has 0 saturated heterocycles. The zero-order valence-corrected chi connectivity index (χ0v) is 11.4. The molecular formula is C14H21NO3. The second-order valence-corrected chi connectivity index (χ2v) is 4.24. The predicted octanol–water partition coefficient (Wildman–Crippen LogP) is 2.16. The lowest BCUT2D eigenvalue weighted by molar-refractivity contribution is 0.0905. The summed E-state index contributed by atoms with van der Waals surface area (Å²) in [6.45, 7) is 6.90. The van der Waals surface area contributed by atoms with Crippen LogP contribution in [0.2, 0.25) is 0 Å². The minimum absolute atomic E-state index is 0.00521. The van der Waals surface area contributed by atoms with Gasteiger partial charge in [-0.3, -0.25) is 4.79 Å². The van der Waals surface area contributed by atoms with Crippen molar-refractivity contribution in [3.63, 3.8) is 0 Å². The number of rotatable bonds is 6. The van der Waals surface area contributed by atoms with Gasteiger partial charge in [0.15, 0.2) is 0 Å². The van der Waals surface area contributed by atoms with E-state index in [0.29, 0.717) is 18.8 Å². The van der Waals surface area contributed by atoms with Gasteiger partial charge in [-0.1, -0.05) is 0 Å². The highest BCUT2D eigenvalue weighted by Crippen LogP contribution is 2.19. The van der Waals surface area contributed by atoms with Crippen LogP contribution in [-0.4, -0.2) is 32.3 Å². The van der Waals surface area contributed by atoms with E-state index in [-0.39, 0.29) is 11.9 Å². The Labute approximate surface area is 108 Å². The second-order valence-electron chi connectivity index (χ2n) is 4.24. The summed E-state index contributed by atoms with van der Waals surface area (Å²) in [6, 6.07) is 5.43. The fourth-order valence-corrected chi connectivity index (χ4v) is 1.71. The highest BCUT2D eigenvalue weighted by atomic mass is 16.5. The molecule has 4 heteroatoms. The molecule has 1 aromatic rings. The Kier molecular flexibility index (Phi) is 5.65. The molecule has 1 rings (SSSR count). The van der Waals surface area contributed by atoms with Crippen LogP contribution in [0.5, 0.6) is 5.75 Å². The molecule has 1 aromatic carbocycles. The average Bonchev–Trinajstić information content (AvgIpc) is 2.32. The standard InChI is InChI=1S/C14H21NO3/c1-5-18-13-7-6-12(8-10(13)2)14(16)15-11(3)9-17-4/h6-8,11H,5,9H2,1-4H3,(H,15,16)/t11-/m0/s1. The summed E-state index contributed by atoms with van der Waals surface area (Å²) < 4.78 is 10.4. The Morgan fingerprint density at radius 1 is 1.44 bits per heavy atom. The van der Waals surface area contributed by atoms with Gasteiger partial charge < -0.3 is 14.8 Å². The van der Waals surface area contributed by atoms with E-state index in [0.717, 1.165) is 11.3 Å². The van der Waals surface area contributed by atoms with Gasteiger partial charge in [0.1, 0.15) is 5.75 Å². The Morgan fingerprint density at radius 3 is 2.72 bits per heavy atom. The minimum atomic E-state index is -0.0919. The Hall–Kier alpha value is -1.55. The van der Waals surface area contributed by atoms with Gasteiger partial charge in [-0.15, -0.1) is 0 Å². The number of hydrogen-bond donors (Lipinski definition) is 1. The molecular weight excluding hydrogens is 230 g/mol. The minimum Gasteiger partial charge on any atom is -0.494 e. The number of carbonyl (C=O) groups excluding carboxylic acids is 1. The number of aryl methyl sites for hydroxylation is 1. The van der Waals surface area contributed by atoms with Crippen molar-refractivity contribution < 1.29 is 14.3 Å². The van der Waals surface area contributed by atoms with Crippen molar-refractivity contribution in [2.24, 2.45) is 0 Å². The maximum atomic E-state index is 11.9. The molecule has 0 radical (unpaired) electrons. The summed E-state index contributed by atoms with van der Waals surface area (Å²) in [7, 11) is 1.61. The van der Waals surface area contributed by atoms with Crippen LogP contribution >= 0.6 is 0 Å². The third kappa shape index (κ3) is 4.04. The van der Waals surface area contributed by atoms with Crippen LogP contribution in [0.15, 0.2) is 18.2 Å². The molecule has 0 aromatic heterocycles. The van der Waals surface area contributed by atoms with Crippen LogP contribution in [0.4, 0.5) is 0 Å². The van der Waals surface area contributed by atoms with Crippen molar-refractivity contribution >= 4 is 5.91 Å². The van der Waals surface area contributed by atoms with Crippen molar-refractivity contribution in [1.82, 2.24) is 5.32 Å². The van der Waals surface area contributed by atoms with Crippen LogP contribution in [0, 0.1) is 6.92 Å². The van der Waals surface area contributed by atoms with E-state index in [4.69, 9.17) is 9.47 Å². The highest BCUT2D eigenvalue weighted by molar-refractivity contribution is 5.94. The SMILES string of the molecule is CCOc1ccc(C(=O)N[C@@H](C)COC)cc1C. The van der Waals surface area contributed by atoms with Crippen molar-refractivity contribution in [2.75, 3.05) is 20.3 Å². The maximum Gasteiger partial charge on any atom is 0.251 e. The number of benzene rings is 1. The molecule has 0 spiro atoms. The second kappa shape index (κ2) is 7.01. The maximum absolute atomic E-state index is 11.9. The molecule has 0 heterocycles.